The number of nitrogens with zero attached hydrogens (tertiary/aromatic N) is 4. The van der Waals surface area contributed by atoms with E-state index in [-0.39, 0.29) is 12.0 Å². The summed E-state index contributed by atoms with van der Waals surface area (Å²) in [5.41, 5.74) is 1.88. The predicted molar refractivity (Wildman–Crippen MR) is 93.3 cm³/mol. The Balaban J connectivity index is 1.81. The number of carbonyl (C=O) groups is 2. The van der Waals surface area contributed by atoms with Gasteiger partial charge in [-0.2, -0.15) is 5.10 Å². The first-order valence-electron chi connectivity index (χ1n) is 9.08. The fourth-order valence-corrected chi connectivity index (χ4v) is 3.49. The van der Waals surface area contributed by atoms with Crippen LogP contribution >= 0.6 is 0 Å². The minimum atomic E-state index is -0.529. The second-order valence-electron chi connectivity index (χ2n) is 7.90. The zero-order chi connectivity index (χ0) is 18.2. The third-order valence-electron chi connectivity index (χ3n) is 4.74. The van der Waals surface area contributed by atoms with Gasteiger partial charge in [-0.3, -0.25) is 9.48 Å². The van der Waals surface area contributed by atoms with Crippen LogP contribution in [0.25, 0.3) is 0 Å². The first-order chi connectivity index (χ1) is 11.8. The van der Waals surface area contributed by atoms with Gasteiger partial charge in [0.05, 0.1) is 6.54 Å². The summed E-state index contributed by atoms with van der Waals surface area (Å²) in [6, 6.07) is 0. The zero-order valence-electron chi connectivity index (χ0n) is 15.7. The maximum absolute atomic E-state index is 12.9. The van der Waals surface area contributed by atoms with E-state index in [4.69, 9.17) is 4.74 Å². The smallest absolute Gasteiger partial charge is 0.410 e. The largest absolute Gasteiger partial charge is 0.444 e. The van der Waals surface area contributed by atoms with Gasteiger partial charge in [-0.25, -0.2) is 4.79 Å². The van der Waals surface area contributed by atoms with Gasteiger partial charge in [0, 0.05) is 44.4 Å². The topological polar surface area (TPSA) is 67.7 Å². The molecule has 2 aliphatic rings. The van der Waals surface area contributed by atoms with Gasteiger partial charge in [0.2, 0.25) is 0 Å². The third kappa shape index (κ3) is 3.80. The van der Waals surface area contributed by atoms with Crippen molar-refractivity contribution in [3.05, 3.63) is 17.0 Å². The molecule has 3 heterocycles. The molecular weight excluding hydrogens is 320 g/mol. The van der Waals surface area contributed by atoms with Crippen LogP contribution in [-0.2, 0) is 24.8 Å². The molecule has 25 heavy (non-hydrogen) atoms. The maximum atomic E-state index is 12.9. The normalized spacial score (nSPS) is 18.1. The Labute approximate surface area is 148 Å². The molecule has 0 atom stereocenters. The van der Waals surface area contributed by atoms with E-state index in [1.807, 2.05) is 32.7 Å². The summed E-state index contributed by atoms with van der Waals surface area (Å²) in [4.78, 5) is 28.9. The van der Waals surface area contributed by atoms with Crippen LogP contribution in [0.4, 0.5) is 4.79 Å². The number of amides is 2. The lowest BCUT2D eigenvalue weighted by Crippen LogP contribution is -2.41. The molecule has 1 fully saturated rings. The lowest BCUT2D eigenvalue weighted by molar-refractivity contribution is 0.0221. The van der Waals surface area contributed by atoms with Crippen molar-refractivity contribution in [3.63, 3.8) is 0 Å². The van der Waals surface area contributed by atoms with E-state index in [0.717, 1.165) is 37.2 Å². The number of aromatic nitrogens is 2. The minimum absolute atomic E-state index is 0.0115. The van der Waals surface area contributed by atoms with Crippen LogP contribution in [0.1, 0.15) is 61.8 Å². The fourth-order valence-electron chi connectivity index (χ4n) is 3.49. The van der Waals surface area contributed by atoms with Crippen LogP contribution in [0.5, 0.6) is 0 Å². The number of hydrogen-bond acceptors (Lipinski definition) is 4. The molecule has 138 valence electrons. The Bertz CT molecular complexity index is 669. The first-order valence-corrected chi connectivity index (χ1v) is 9.08. The van der Waals surface area contributed by atoms with E-state index in [2.05, 4.69) is 5.10 Å². The lowest BCUT2D eigenvalue weighted by atomic mass is 10.0. The number of hydrogen-bond donors (Lipinski definition) is 0. The van der Waals surface area contributed by atoms with E-state index in [1.165, 1.54) is 6.42 Å². The van der Waals surface area contributed by atoms with Crippen molar-refractivity contribution in [2.75, 3.05) is 19.6 Å². The van der Waals surface area contributed by atoms with Crippen molar-refractivity contribution in [3.8, 4) is 0 Å². The molecule has 0 N–H and O–H groups in total. The second-order valence-corrected chi connectivity index (χ2v) is 7.90. The van der Waals surface area contributed by atoms with E-state index < -0.39 is 5.60 Å². The summed E-state index contributed by atoms with van der Waals surface area (Å²) in [6.07, 6.45) is 3.62. The van der Waals surface area contributed by atoms with E-state index in [0.29, 0.717) is 25.2 Å². The first kappa shape index (κ1) is 17.8. The predicted octanol–water partition coefficient (Wildman–Crippen LogP) is 2.34. The van der Waals surface area contributed by atoms with Gasteiger partial charge in [-0.1, -0.05) is 0 Å². The highest BCUT2D eigenvalue weighted by atomic mass is 16.6. The SMILES string of the molecule is Cn1nc(C(=O)N2CCCCC2)c2c1CCN(C(=O)OC(C)(C)C)C2. The van der Waals surface area contributed by atoms with Crippen LogP contribution in [0.3, 0.4) is 0 Å². The number of carbonyl (C=O) groups excluding carboxylic acids is 2. The second kappa shape index (κ2) is 6.69. The summed E-state index contributed by atoms with van der Waals surface area (Å²) < 4.78 is 7.27. The number of ether oxygens (including phenoxy) is 1. The standard InChI is InChI=1S/C18H28N4O3/c1-18(2,3)25-17(24)22-11-8-14-13(12-22)15(19-20(14)4)16(23)21-9-6-5-7-10-21/h5-12H2,1-4H3. The van der Waals surface area contributed by atoms with Gasteiger partial charge < -0.3 is 14.5 Å². The molecule has 0 radical (unpaired) electrons. The van der Waals surface area contributed by atoms with Crippen LogP contribution < -0.4 is 0 Å². The number of rotatable bonds is 1. The molecule has 0 unspecified atom stereocenters. The minimum Gasteiger partial charge on any atom is -0.444 e. The summed E-state index contributed by atoms with van der Waals surface area (Å²) in [5, 5.41) is 4.48. The highest BCUT2D eigenvalue weighted by Gasteiger charge is 2.33. The van der Waals surface area contributed by atoms with E-state index >= 15 is 0 Å². The van der Waals surface area contributed by atoms with Crippen molar-refractivity contribution < 1.29 is 14.3 Å². The average Bonchev–Trinajstić information content (AvgIpc) is 2.90. The molecule has 7 heteroatoms. The van der Waals surface area contributed by atoms with Crippen molar-refractivity contribution in [1.29, 1.82) is 0 Å². The summed E-state index contributed by atoms with van der Waals surface area (Å²) >= 11 is 0. The van der Waals surface area contributed by atoms with Gasteiger partial charge >= 0.3 is 6.09 Å². The Hall–Kier alpha value is -2.05. The molecule has 0 spiro atoms. The molecule has 0 saturated carbocycles. The zero-order valence-corrected chi connectivity index (χ0v) is 15.7. The van der Waals surface area contributed by atoms with E-state index in [1.54, 1.807) is 9.58 Å². The van der Waals surface area contributed by atoms with Gasteiger partial charge in [-0.05, 0) is 40.0 Å². The Morgan fingerprint density at radius 2 is 1.72 bits per heavy atom. The lowest BCUT2D eigenvalue weighted by Gasteiger charge is -2.31. The molecule has 1 aromatic rings. The van der Waals surface area contributed by atoms with Crippen LogP contribution in [-0.4, -0.2) is 56.8 Å². The highest BCUT2D eigenvalue weighted by molar-refractivity contribution is 5.94. The fraction of sp³-hybridized carbons (Fsp3) is 0.722. The Morgan fingerprint density at radius 1 is 1.04 bits per heavy atom. The molecular formula is C18H28N4O3. The molecule has 3 rings (SSSR count). The quantitative estimate of drug-likeness (QED) is 0.781. The third-order valence-corrected chi connectivity index (χ3v) is 4.74. The maximum Gasteiger partial charge on any atom is 0.410 e. The van der Waals surface area contributed by atoms with Crippen molar-refractivity contribution in [2.24, 2.45) is 7.05 Å². The monoisotopic (exact) mass is 348 g/mol. The van der Waals surface area contributed by atoms with Gasteiger partial charge in [0.15, 0.2) is 5.69 Å². The van der Waals surface area contributed by atoms with Crippen LogP contribution in [0, 0.1) is 0 Å². The van der Waals surface area contributed by atoms with Crippen molar-refractivity contribution >= 4 is 12.0 Å². The average molecular weight is 348 g/mol. The molecule has 2 amide bonds. The molecule has 0 aromatic carbocycles. The summed E-state index contributed by atoms with van der Waals surface area (Å²) in [5.74, 6) is -0.0115. The molecule has 0 aliphatic carbocycles. The molecule has 0 bridgehead atoms. The van der Waals surface area contributed by atoms with Crippen LogP contribution in [0.15, 0.2) is 0 Å². The molecule has 7 nitrogen and oxygen atoms in total. The molecule has 1 saturated heterocycles. The van der Waals surface area contributed by atoms with Gasteiger partial charge in [0.25, 0.3) is 5.91 Å². The van der Waals surface area contributed by atoms with Crippen molar-refractivity contribution in [2.45, 2.75) is 58.6 Å². The number of fused-ring (bicyclic) bond motifs is 1. The molecule has 1 aromatic heterocycles. The Kier molecular flexibility index (Phi) is 4.75. The van der Waals surface area contributed by atoms with Crippen LogP contribution in [0.2, 0.25) is 0 Å². The molecule has 2 aliphatic heterocycles. The van der Waals surface area contributed by atoms with E-state index in [9.17, 15) is 9.59 Å². The van der Waals surface area contributed by atoms with Gasteiger partial charge in [0.1, 0.15) is 5.60 Å². The number of piperidine rings is 1. The summed E-state index contributed by atoms with van der Waals surface area (Å²) in [7, 11) is 1.87. The number of aryl methyl sites for hydroxylation is 1. The van der Waals surface area contributed by atoms with Crippen molar-refractivity contribution in [1.82, 2.24) is 19.6 Å². The summed E-state index contributed by atoms with van der Waals surface area (Å²) in [6.45, 7) is 8.12. The Morgan fingerprint density at radius 3 is 2.36 bits per heavy atom. The van der Waals surface area contributed by atoms with Gasteiger partial charge in [-0.15, -0.1) is 0 Å². The number of likely N-dealkylation sites (tertiary alicyclic amines) is 1. The highest BCUT2D eigenvalue weighted by Crippen LogP contribution is 2.25.